The zero-order chi connectivity index (χ0) is 29.4. The van der Waals surface area contributed by atoms with Crippen molar-refractivity contribution in [2.75, 3.05) is 6.54 Å². The van der Waals surface area contributed by atoms with E-state index in [-0.39, 0.29) is 28.6 Å². The lowest BCUT2D eigenvalue weighted by Gasteiger charge is -2.22. The summed E-state index contributed by atoms with van der Waals surface area (Å²) < 4.78 is 97.6. The van der Waals surface area contributed by atoms with Crippen molar-refractivity contribution in [3.8, 4) is 0 Å². The molecule has 216 valence electrons. The van der Waals surface area contributed by atoms with Gasteiger partial charge in [-0.1, -0.05) is 42.5 Å². The number of hydrogen-bond acceptors (Lipinski definition) is 6. The fourth-order valence-electron chi connectivity index (χ4n) is 4.74. The van der Waals surface area contributed by atoms with Gasteiger partial charge in [-0.25, -0.2) is 16.8 Å². The first-order valence-electron chi connectivity index (χ1n) is 12.6. The summed E-state index contributed by atoms with van der Waals surface area (Å²) in [6, 6.07) is 17.1. The number of carbonyl (C=O) groups is 1. The summed E-state index contributed by atoms with van der Waals surface area (Å²) in [7, 11) is -7.98. The van der Waals surface area contributed by atoms with Crippen LogP contribution >= 0.6 is 0 Å². The van der Waals surface area contributed by atoms with Crippen LogP contribution in [0, 0.1) is 0 Å². The van der Waals surface area contributed by atoms with E-state index >= 15 is 0 Å². The molecule has 2 heterocycles. The van der Waals surface area contributed by atoms with Crippen molar-refractivity contribution in [1.29, 1.82) is 0 Å². The van der Waals surface area contributed by atoms with E-state index in [4.69, 9.17) is 4.42 Å². The third-order valence-corrected chi connectivity index (χ3v) is 10.3. The van der Waals surface area contributed by atoms with Crippen molar-refractivity contribution >= 4 is 36.7 Å². The van der Waals surface area contributed by atoms with Crippen LogP contribution in [-0.4, -0.2) is 39.6 Å². The lowest BCUT2D eigenvalue weighted by Crippen LogP contribution is -2.45. The maximum Gasteiger partial charge on any atom is 0.416 e. The zero-order valence-corrected chi connectivity index (χ0v) is 23.1. The van der Waals surface area contributed by atoms with Gasteiger partial charge in [0.1, 0.15) is 11.6 Å². The number of para-hydroxylation sites is 1. The van der Waals surface area contributed by atoms with Crippen molar-refractivity contribution in [1.82, 2.24) is 9.62 Å². The highest BCUT2D eigenvalue weighted by atomic mass is 32.2. The Kier molecular flexibility index (Phi) is 7.70. The largest absolute Gasteiger partial charge is 0.443 e. The molecule has 1 aliphatic rings. The SMILES string of the molecule is O=C(NCc1cccc(S(=O)(=O)Cc2ccc(C(F)(F)F)cc2)c1)[C@@H]1CCCN1S(=O)(=O)c1cc2ccccc2o1. The first-order chi connectivity index (χ1) is 19.3. The highest BCUT2D eigenvalue weighted by Gasteiger charge is 2.41. The molecule has 0 unspecified atom stereocenters. The average molecular weight is 607 g/mol. The van der Waals surface area contributed by atoms with Crippen molar-refractivity contribution in [2.45, 2.75) is 47.3 Å². The highest BCUT2D eigenvalue weighted by Crippen LogP contribution is 2.31. The number of sulfonamides is 1. The molecule has 41 heavy (non-hydrogen) atoms. The molecule has 1 saturated heterocycles. The quantitative estimate of drug-likeness (QED) is 0.306. The molecular formula is C28H25F3N2O6S2. The van der Waals surface area contributed by atoms with Gasteiger partial charge in [-0.3, -0.25) is 4.79 Å². The second-order valence-corrected chi connectivity index (χ2v) is 13.5. The van der Waals surface area contributed by atoms with Crippen LogP contribution in [0.5, 0.6) is 0 Å². The van der Waals surface area contributed by atoms with Crippen molar-refractivity contribution in [3.05, 3.63) is 95.6 Å². The minimum atomic E-state index is -4.52. The molecule has 0 saturated carbocycles. The van der Waals surface area contributed by atoms with Gasteiger partial charge in [-0.15, -0.1) is 0 Å². The third kappa shape index (κ3) is 6.16. The van der Waals surface area contributed by atoms with Gasteiger partial charge < -0.3 is 9.73 Å². The smallest absolute Gasteiger partial charge is 0.416 e. The molecule has 0 radical (unpaired) electrons. The van der Waals surface area contributed by atoms with Gasteiger partial charge in [0.05, 0.1) is 16.2 Å². The Balaban J connectivity index is 1.26. The summed E-state index contributed by atoms with van der Waals surface area (Å²) in [5, 5.41) is 3.07. The van der Waals surface area contributed by atoms with Gasteiger partial charge in [-0.2, -0.15) is 17.5 Å². The second kappa shape index (κ2) is 11.0. The number of hydrogen-bond donors (Lipinski definition) is 1. The summed E-state index contributed by atoms with van der Waals surface area (Å²) in [4.78, 5) is 13.0. The van der Waals surface area contributed by atoms with E-state index in [0.717, 1.165) is 28.6 Å². The molecule has 1 amide bonds. The lowest BCUT2D eigenvalue weighted by molar-refractivity contribution is -0.137. The lowest BCUT2D eigenvalue weighted by atomic mass is 10.1. The molecule has 8 nitrogen and oxygen atoms in total. The Morgan fingerprint density at radius 1 is 0.927 bits per heavy atom. The molecule has 1 fully saturated rings. The van der Waals surface area contributed by atoms with Crippen LogP contribution in [0.1, 0.15) is 29.5 Å². The van der Waals surface area contributed by atoms with Gasteiger partial charge in [-0.05, 0) is 54.3 Å². The molecular weight excluding hydrogens is 581 g/mol. The zero-order valence-electron chi connectivity index (χ0n) is 21.5. The van der Waals surface area contributed by atoms with Crippen molar-refractivity contribution in [2.24, 2.45) is 0 Å². The van der Waals surface area contributed by atoms with Gasteiger partial charge >= 0.3 is 6.18 Å². The standard InChI is InChI=1S/C28H25F3N2O6S2/c29-28(30,31)22-12-10-19(11-13-22)18-40(35,36)23-7-3-5-20(15-23)17-32-27(34)24-8-4-14-33(24)41(37,38)26-16-21-6-1-2-9-25(21)39-26/h1-3,5-7,9-13,15-16,24H,4,8,14,17-18H2,(H,32,34)/t24-/m0/s1. The Labute approximate surface area is 234 Å². The minimum absolute atomic E-state index is 0.0564. The van der Waals surface area contributed by atoms with Gasteiger partial charge in [0, 0.05) is 24.5 Å². The Bertz CT molecular complexity index is 1770. The van der Waals surface area contributed by atoms with E-state index in [0.29, 0.717) is 29.4 Å². The summed E-state index contributed by atoms with van der Waals surface area (Å²) >= 11 is 0. The summed E-state index contributed by atoms with van der Waals surface area (Å²) in [5.74, 6) is -1.03. The van der Waals surface area contributed by atoms with E-state index < -0.39 is 49.3 Å². The second-order valence-electron chi connectivity index (χ2n) is 9.70. The number of nitrogens with one attached hydrogen (secondary N) is 1. The average Bonchev–Trinajstić information content (AvgIpc) is 3.60. The van der Waals surface area contributed by atoms with Crippen LogP contribution in [0.2, 0.25) is 0 Å². The number of furan rings is 1. The normalized spacial score (nSPS) is 16.7. The van der Waals surface area contributed by atoms with Crippen LogP contribution in [0.4, 0.5) is 13.2 Å². The first kappa shape index (κ1) is 28.8. The predicted octanol–water partition coefficient (Wildman–Crippen LogP) is 4.90. The van der Waals surface area contributed by atoms with Crippen LogP contribution < -0.4 is 5.32 Å². The van der Waals surface area contributed by atoms with Crippen LogP contribution in [0.3, 0.4) is 0 Å². The molecule has 1 aromatic heterocycles. The fourth-order valence-corrected chi connectivity index (χ4v) is 7.76. The number of amides is 1. The number of fused-ring (bicyclic) bond motifs is 1. The Hall–Kier alpha value is -3.68. The van der Waals surface area contributed by atoms with Crippen LogP contribution in [-0.2, 0) is 43.1 Å². The maximum absolute atomic E-state index is 13.3. The fraction of sp³-hybridized carbons (Fsp3) is 0.250. The summed E-state index contributed by atoms with van der Waals surface area (Å²) in [6.45, 7) is 0.0899. The highest BCUT2D eigenvalue weighted by molar-refractivity contribution is 7.90. The van der Waals surface area contributed by atoms with Gasteiger partial charge in [0.25, 0.3) is 10.0 Å². The molecule has 1 N–H and O–H groups in total. The number of sulfone groups is 1. The van der Waals surface area contributed by atoms with Crippen molar-refractivity contribution in [3.63, 3.8) is 0 Å². The third-order valence-electron chi connectivity index (χ3n) is 6.83. The van der Waals surface area contributed by atoms with Gasteiger partial charge in [0.15, 0.2) is 9.84 Å². The minimum Gasteiger partial charge on any atom is -0.443 e. The molecule has 4 aromatic rings. The number of rotatable bonds is 8. The first-order valence-corrected chi connectivity index (χ1v) is 15.7. The van der Waals surface area contributed by atoms with E-state index in [9.17, 15) is 34.8 Å². The van der Waals surface area contributed by atoms with E-state index in [1.807, 2.05) is 0 Å². The molecule has 13 heteroatoms. The molecule has 1 aliphatic heterocycles. The van der Waals surface area contributed by atoms with Crippen molar-refractivity contribution < 1.29 is 39.2 Å². The summed E-state index contributed by atoms with van der Waals surface area (Å²) in [6.07, 6.45) is -3.73. The number of benzene rings is 3. The monoisotopic (exact) mass is 606 g/mol. The number of halogens is 3. The predicted molar refractivity (Wildman–Crippen MR) is 144 cm³/mol. The van der Waals surface area contributed by atoms with E-state index in [1.54, 1.807) is 30.3 Å². The van der Waals surface area contributed by atoms with Gasteiger partial charge in [0.2, 0.25) is 11.0 Å². The Morgan fingerprint density at radius 3 is 2.37 bits per heavy atom. The molecule has 0 bridgehead atoms. The maximum atomic E-state index is 13.3. The van der Waals surface area contributed by atoms with E-state index in [1.165, 1.54) is 24.3 Å². The topological polar surface area (TPSA) is 114 Å². The summed E-state index contributed by atoms with van der Waals surface area (Å²) in [5.41, 5.74) is 0.197. The number of alkyl halides is 3. The molecule has 0 aliphatic carbocycles. The molecule has 0 spiro atoms. The number of nitrogens with zero attached hydrogens (tertiary/aromatic N) is 1. The van der Waals surface area contributed by atoms with Crippen LogP contribution in [0.15, 0.2) is 93.3 Å². The molecule has 5 rings (SSSR count). The van der Waals surface area contributed by atoms with Crippen LogP contribution in [0.25, 0.3) is 11.0 Å². The van der Waals surface area contributed by atoms with E-state index in [2.05, 4.69) is 5.32 Å². The number of carbonyl (C=O) groups excluding carboxylic acids is 1. The Morgan fingerprint density at radius 2 is 1.66 bits per heavy atom. The molecule has 1 atom stereocenters. The molecule has 3 aromatic carbocycles.